The van der Waals surface area contributed by atoms with Gasteiger partial charge in [-0.25, -0.2) is 0 Å². The van der Waals surface area contributed by atoms with Crippen molar-refractivity contribution in [2.75, 3.05) is 26.4 Å². The van der Waals surface area contributed by atoms with Crippen LogP contribution < -0.4 is 0 Å². The van der Waals surface area contributed by atoms with E-state index in [2.05, 4.69) is 34.6 Å². The Bertz CT molecular complexity index is 929. The van der Waals surface area contributed by atoms with Gasteiger partial charge in [0.05, 0.1) is 0 Å². The molecule has 0 aliphatic heterocycles. The molecule has 10 heteroatoms. The number of ether oxygens (including phenoxy) is 2. The monoisotopic (exact) mass is 879 g/mol. The van der Waals surface area contributed by atoms with Crippen LogP contribution in [0.25, 0.3) is 0 Å². The van der Waals surface area contributed by atoms with Crippen LogP contribution in [0.1, 0.15) is 259 Å². The second-order valence-corrected chi connectivity index (χ2v) is 20.1. The van der Waals surface area contributed by atoms with Crippen LogP contribution >= 0.6 is 0 Å². The van der Waals surface area contributed by atoms with Crippen molar-refractivity contribution in [2.45, 2.75) is 278 Å². The summed E-state index contributed by atoms with van der Waals surface area (Å²) >= 11 is 0. The van der Waals surface area contributed by atoms with Gasteiger partial charge in [-0.15, -0.1) is 0 Å². The van der Waals surface area contributed by atoms with Crippen LogP contribution in [0.4, 0.5) is 35.1 Å². The van der Waals surface area contributed by atoms with E-state index in [1.807, 2.05) is 0 Å². The lowest BCUT2D eigenvalue weighted by molar-refractivity contribution is -0.284. The van der Waals surface area contributed by atoms with Crippen LogP contribution in [0, 0.1) is 16.7 Å². The number of hydrogen-bond acceptors (Lipinski definition) is 2. The van der Waals surface area contributed by atoms with Gasteiger partial charge in [0.1, 0.15) is 0 Å². The third-order valence-electron chi connectivity index (χ3n) is 12.5. The molecule has 1 unspecified atom stereocenters. The van der Waals surface area contributed by atoms with Crippen molar-refractivity contribution < 1.29 is 44.6 Å². The van der Waals surface area contributed by atoms with Crippen molar-refractivity contribution in [1.29, 1.82) is 0 Å². The molecule has 0 spiro atoms. The number of unbranched alkanes of at least 4 members (excludes halogenated alkanes) is 27. The zero-order valence-corrected chi connectivity index (χ0v) is 39.5. The first kappa shape index (κ1) is 59.4. The average molecular weight is 879 g/mol. The SMILES string of the molecule is CC(C)(CCCOCCCCCCCCCCCCCCCCC(F)(F)C(F)(F)F)CC(CCOCCCCCCCCCCCCCCCCCC(F)(F)F)C(C)(C)C. The largest absolute Gasteiger partial charge is 0.453 e. The van der Waals surface area contributed by atoms with E-state index >= 15 is 0 Å². The van der Waals surface area contributed by atoms with Gasteiger partial charge in [0, 0.05) is 39.3 Å². The van der Waals surface area contributed by atoms with E-state index in [1.165, 1.54) is 116 Å². The molecule has 0 saturated carbocycles. The molecule has 0 aliphatic rings. The molecule has 0 aromatic rings. The van der Waals surface area contributed by atoms with Crippen molar-refractivity contribution in [2.24, 2.45) is 16.7 Å². The molecule has 2 nitrogen and oxygen atoms in total. The van der Waals surface area contributed by atoms with E-state index in [4.69, 9.17) is 9.47 Å². The van der Waals surface area contributed by atoms with E-state index in [0.29, 0.717) is 18.8 Å². The van der Waals surface area contributed by atoms with Crippen LogP contribution in [0.5, 0.6) is 0 Å². The van der Waals surface area contributed by atoms with Crippen LogP contribution in [0.3, 0.4) is 0 Å². The Hall–Kier alpha value is -0.640. The minimum Gasteiger partial charge on any atom is -0.381 e. The fourth-order valence-electron chi connectivity index (χ4n) is 8.33. The van der Waals surface area contributed by atoms with Crippen molar-refractivity contribution in [3.63, 3.8) is 0 Å². The molecular weight excluding hydrogens is 785 g/mol. The lowest BCUT2D eigenvalue weighted by Crippen LogP contribution is -2.36. The average Bonchev–Trinajstić information content (AvgIpc) is 3.14. The molecule has 0 N–H and O–H groups in total. The molecule has 0 radical (unpaired) electrons. The summed E-state index contributed by atoms with van der Waals surface area (Å²) in [6, 6.07) is 0. The Morgan fingerprint density at radius 1 is 0.333 bits per heavy atom. The van der Waals surface area contributed by atoms with Gasteiger partial charge >= 0.3 is 18.3 Å². The van der Waals surface area contributed by atoms with E-state index < -0.39 is 31.1 Å². The topological polar surface area (TPSA) is 18.5 Å². The second-order valence-electron chi connectivity index (χ2n) is 20.1. The van der Waals surface area contributed by atoms with Crippen molar-refractivity contribution in [1.82, 2.24) is 0 Å². The summed E-state index contributed by atoms with van der Waals surface area (Å²) in [5.74, 6) is -3.93. The number of alkyl halides is 8. The third kappa shape index (κ3) is 39.0. The molecule has 0 rings (SSSR count). The maximum Gasteiger partial charge on any atom is 0.453 e. The second kappa shape index (κ2) is 35.7. The summed E-state index contributed by atoms with van der Waals surface area (Å²) < 4.78 is 111. The molecule has 0 aromatic carbocycles. The predicted octanol–water partition coefficient (Wildman–Crippen LogP) is 19.1. The zero-order valence-electron chi connectivity index (χ0n) is 39.5. The Morgan fingerprint density at radius 2 is 0.633 bits per heavy atom. The van der Waals surface area contributed by atoms with Crippen LogP contribution in [0.15, 0.2) is 0 Å². The van der Waals surface area contributed by atoms with E-state index in [1.54, 1.807) is 0 Å². The van der Waals surface area contributed by atoms with Crippen molar-refractivity contribution in [3.05, 3.63) is 0 Å². The Morgan fingerprint density at radius 3 is 0.967 bits per heavy atom. The Balaban J connectivity index is 3.66. The van der Waals surface area contributed by atoms with Gasteiger partial charge in [0.15, 0.2) is 0 Å². The quantitative estimate of drug-likeness (QED) is 0.0449. The smallest absolute Gasteiger partial charge is 0.381 e. The lowest BCUT2D eigenvalue weighted by Gasteiger charge is -2.37. The van der Waals surface area contributed by atoms with Crippen LogP contribution in [-0.2, 0) is 9.47 Å². The van der Waals surface area contributed by atoms with Gasteiger partial charge in [0.2, 0.25) is 0 Å². The standard InChI is InChI=1S/C50H94F8O2/c1-46(2,3)45(36-43-60-41-34-30-26-22-18-13-9-6-7-12-16-20-24-28-32-39-49(53,54)55)44-47(4,5)37-35-42-59-40-33-29-25-21-17-14-10-8-11-15-19-23-27-31-38-48(51,52)50(56,57)58/h45H,6-44H2,1-5H3. The van der Waals surface area contributed by atoms with E-state index in [0.717, 1.165) is 97.1 Å². The fourth-order valence-corrected chi connectivity index (χ4v) is 8.33. The summed E-state index contributed by atoms with van der Waals surface area (Å²) in [5, 5.41) is 0. The maximum absolute atomic E-state index is 12.9. The molecule has 60 heavy (non-hydrogen) atoms. The summed E-state index contributed by atoms with van der Waals surface area (Å²) in [4.78, 5) is 0. The highest BCUT2D eigenvalue weighted by Gasteiger charge is 2.56. The third-order valence-corrected chi connectivity index (χ3v) is 12.5. The van der Waals surface area contributed by atoms with Crippen molar-refractivity contribution >= 4 is 0 Å². The van der Waals surface area contributed by atoms with Crippen molar-refractivity contribution in [3.8, 4) is 0 Å². The van der Waals surface area contributed by atoms with Gasteiger partial charge in [-0.2, -0.15) is 35.1 Å². The highest BCUT2D eigenvalue weighted by Crippen LogP contribution is 2.41. The summed E-state index contributed by atoms with van der Waals surface area (Å²) in [7, 11) is 0. The highest BCUT2D eigenvalue weighted by molar-refractivity contribution is 4.81. The Labute approximate surface area is 364 Å². The fraction of sp³-hybridized carbons (Fsp3) is 1.00. The summed E-state index contributed by atoms with van der Waals surface area (Å²) in [6.07, 6.45) is 24.1. The molecule has 0 amide bonds. The minimum absolute atomic E-state index is 0.0735. The van der Waals surface area contributed by atoms with Gasteiger partial charge in [-0.3, -0.25) is 0 Å². The summed E-state index contributed by atoms with van der Waals surface area (Å²) in [5.41, 5.74) is 0.527. The zero-order chi connectivity index (χ0) is 45.1. The molecule has 0 heterocycles. The number of hydrogen-bond donors (Lipinski definition) is 0. The highest BCUT2D eigenvalue weighted by atomic mass is 19.4. The first-order valence-electron chi connectivity index (χ1n) is 24.9. The van der Waals surface area contributed by atoms with E-state index in [-0.39, 0.29) is 23.7 Å². The molecule has 0 aromatic heterocycles. The molecule has 362 valence electrons. The molecule has 0 aliphatic carbocycles. The van der Waals surface area contributed by atoms with E-state index in [9.17, 15) is 35.1 Å². The predicted molar refractivity (Wildman–Crippen MR) is 237 cm³/mol. The minimum atomic E-state index is -5.43. The molecule has 0 bridgehead atoms. The van der Waals surface area contributed by atoms with Crippen LogP contribution in [-0.4, -0.2) is 44.7 Å². The molecule has 1 atom stereocenters. The summed E-state index contributed by atoms with van der Waals surface area (Å²) in [6.45, 7) is 15.3. The van der Waals surface area contributed by atoms with Crippen LogP contribution in [0.2, 0.25) is 0 Å². The lowest BCUT2D eigenvalue weighted by atomic mass is 9.69. The molecule has 0 fully saturated rings. The first-order valence-corrected chi connectivity index (χ1v) is 24.9. The Kier molecular flexibility index (Phi) is 35.3. The first-order chi connectivity index (χ1) is 28.3. The van der Waals surface area contributed by atoms with Gasteiger partial charge < -0.3 is 9.47 Å². The molecular formula is C50H94F8O2. The maximum atomic E-state index is 12.9. The number of halogens is 8. The molecule has 0 saturated heterocycles. The normalized spacial score (nSPS) is 13.8. The van der Waals surface area contributed by atoms with Gasteiger partial charge in [0.25, 0.3) is 0 Å². The number of rotatable bonds is 43. The van der Waals surface area contributed by atoms with Gasteiger partial charge in [-0.1, -0.05) is 195 Å². The van der Waals surface area contributed by atoms with Gasteiger partial charge in [-0.05, 0) is 68.1 Å².